The molecular formula is C12H15N3O5. The van der Waals surface area contributed by atoms with E-state index in [-0.39, 0.29) is 11.4 Å². The van der Waals surface area contributed by atoms with Crippen molar-refractivity contribution in [1.29, 1.82) is 0 Å². The van der Waals surface area contributed by atoms with E-state index in [1.807, 2.05) is 4.90 Å². The normalized spacial score (nSPS) is 18.6. The van der Waals surface area contributed by atoms with Crippen LogP contribution >= 0.6 is 0 Å². The summed E-state index contributed by atoms with van der Waals surface area (Å²) >= 11 is 0. The van der Waals surface area contributed by atoms with Crippen LogP contribution in [0.4, 0.5) is 17.1 Å². The Balaban J connectivity index is 2.17. The molecule has 0 bridgehead atoms. The highest BCUT2D eigenvalue weighted by Gasteiger charge is 2.28. The molecule has 1 saturated heterocycles. The van der Waals surface area contributed by atoms with E-state index in [1.54, 1.807) is 6.07 Å². The number of anilines is 2. The molecule has 0 aliphatic carbocycles. The Hall–Kier alpha value is -2.35. The van der Waals surface area contributed by atoms with Gasteiger partial charge in [0.05, 0.1) is 25.2 Å². The molecule has 1 heterocycles. The number of nitro benzene ring substituents is 1. The van der Waals surface area contributed by atoms with Crippen LogP contribution in [0.3, 0.4) is 0 Å². The highest BCUT2D eigenvalue weighted by atomic mass is 16.6. The fourth-order valence-corrected chi connectivity index (χ4v) is 2.06. The Morgan fingerprint density at radius 1 is 1.60 bits per heavy atom. The third kappa shape index (κ3) is 2.80. The number of carbonyl (C=O) groups excluding carboxylic acids is 1. The summed E-state index contributed by atoms with van der Waals surface area (Å²) in [5.74, 6) is -0.440. The number of hydrogen-bond acceptors (Lipinski definition) is 7. The van der Waals surface area contributed by atoms with Gasteiger partial charge in [-0.25, -0.2) is 4.79 Å². The molecule has 0 spiro atoms. The standard InChI is InChI=1S/C12H15N3O5/c1-19-12(16)11-7-14(4-5-20-11)8-2-3-10(15(17)18)9(13)6-8/h2-3,6,11H,4-5,7,13H2,1H3. The molecule has 1 aliphatic rings. The van der Waals surface area contributed by atoms with Crippen LogP contribution in [0, 0.1) is 10.1 Å². The fraction of sp³-hybridized carbons (Fsp3) is 0.417. The van der Waals surface area contributed by atoms with Crippen molar-refractivity contribution in [2.45, 2.75) is 6.10 Å². The molecule has 1 aromatic rings. The van der Waals surface area contributed by atoms with Crippen molar-refractivity contribution in [3.63, 3.8) is 0 Å². The number of nitro groups is 1. The Kier molecular flexibility index (Phi) is 4.04. The van der Waals surface area contributed by atoms with Gasteiger partial charge in [0.25, 0.3) is 5.69 Å². The zero-order chi connectivity index (χ0) is 14.7. The molecule has 0 aromatic heterocycles. The van der Waals surface area contributed by atoms with Crippen molar-refractivity contribution in [2.75, 3.05) is 37.4 Å². The molecule has 1 fully saturated rings. The summed E-state index contributed by atoms with van der Waals surface area (Å²) in [4.78, 5) is 23.5. The van der Waals surface area contributed by atoms with Crippen LogP contribution < -0.4 is 10.6 Å². The van der Waals surface area contributed by atoms with Gasteiger partial charge in [0.15, 0.2) is 6.10 Å². The number of rotatable bonds is 3. The summed E-state index contributed by atoms with van der Waals surface area (Å²) in [6.07, 6.45) is -0.662. The summed E-state index contributed by atoms with van der Waals surface area (Å²) in [6.45, 7) is 1.27. The zero-order valence-corrected chi connectivity index (χ0v) is 10.9. The highest BCUT2D eigenvalue weighted by molar-refractivity contribution is 5.76. The van der Waals surface area contributed by atoms with Crippen molar-refractivity contribution in [3.05, 3.63) is 28.3 Å². The minimum absolute atomic E-state index is 0.0913. The van der Waals surface area contributed by atoms with E-state index in [9.17, 15) is 14.9 Å². The number of ether oxygens (including phenoxy) is 2. The van der Waals surface area contributed by atoms with Crippen LogP contribution in [0.15, 0.2) is 18.2 Å². The molecule has 1 unspecified atom stereocenters. The molecular weight excluding hydrogens is 266 g/mol. The number of carbonyl (C=O) groups is 1. The predicted octanol–water partition coefficient (Wildman–Crippen LogP) is 0.555. The van der Waals surface area contributed by atoms with Crippen LogP contribution in [-0.2, 0) is 14.3 Å². The summed E-state index contributed by atoms with van der Waals surface area (Å²) in [5, 5.41) is 10.7. The molecule has 20 heavy (non-hydrogen) atoms. The van der Waals surface area contributed by atoms with Crippen molar-refractivity contribution < 1.29 is 19.2 Å². The lowest BCUT2D eigenvalue weighted by Crippen LogP contribution is -2.46. The number of nitrogen functional groups attached to an aromatic ring is 1. The van der Waals surface area contributed by atoms with Gasteiger partial charge >= 0.3 is 5.97 Å². The lowest BCUT2D eigenvalue weighted by Gasteiger charge is -2.33. The van der Waals surface area contributed by atoms with Crippen molar-refractivity contribution in [3.8, 4) is 0 Å². The fourth-order valence-electron chi connectivity index (χ4n) is 2.06. The third-order valence-electron chi connectivity index (χ3n) is 3.10. The number of nitrogens with two attached hydrogens (primary N) is 1. The molecule has 108 valence electrons. The third-order valence-corrected chi connectivity index (χ3v) is 3.10. The SMILES string of the molecule is COC(=O)C1CN(c2ccc([N+](=O)[O-])c(N)c2)CCO1. The Labute approximate surface area is 115 Å². The van der Waals surface area contributed by atoms with E-state index in [4.69, 9.17) is 10.5 Å². The summed E-state index contributed by atoms with van der Waals surface area (Å²) in [5.41, 5.74) is 6.33. The van der Waals surface area contributed by atoms with Gasteiger partial charge in [-0.15, -0.1) is 0 Å². The van der Waals surface area contributed by atoms with Crippen molar-refractivity contribution in [2.24, 2.45) is 0 Å². The highest BCUT2D eigenvalue weighted by Crippen LogP contribution is 2.28. The summed E-state index contributed by atoms with van der Waals surface area (Å²) < 4.78 is 9.96. The number of nitrogens with zero attached hydrogens (tertiary/aromatic N) is 2. The maximum atomic E-state index is 11.5. The lowest BCUT2D eigenvalue weighted by molar-refractivity contribution is -0.383. The summed E-state index contributed by atoms with van der Waals surface area (Å²) in [6, 6.07) is 4.49. The Bertz CT molecular complexity index is 534. The van der Waals surface area contributed by atoms with E-state index >= 15 is 0 Å². The lowest BCUT2D eigenvalue weighted by atomic mass is 10.2. The van der Waals surface area contributed by atoms with Gasteiger partial charge in [0, 0.05) is 18.3 Å². The zero-order valence-electron chi connectivity index (χ0n) is 10.9. The molecule has 1 aliphatic heterocycles. The number of hydrogen-bond donors (Lipinski definition) is 1. The first kappa shape index (κ1) is 14.1. The number of benzene rings is 1. The molecule has 0 radical (unpaired) electrons. The number of morpholine rings is 1. The topological polar surface area (TPSA) is 108 Å². The van der Waals surface area contributed by atoms with Gasteiger partial charge in [-0.2, -0.15) is 0 Å². The van der Waals surface area contributed by atoms with Crippen molar-refractivity contribution in [1.82, 2.24) is 0 Å². The molecule has 0 saturated carbocycles. The first-order valence-corrected chi connectivity index (χ1v) is 6.01. The second kappa shape index (κ2) is 5.74. The van der Waals surface area contributed by atoms with E-state index in [0.29, 0.717) is 25.4 Å². The van der Waals surface area contributed by atoms with E-state index < -0.39 is 17.0 Å². The molecule has 1 atom stereocenters. The molecule has 8 heteroatoms. The van der Waals surface area contributed by atoms with Crippen molar-refractivity contribution >= 4 is 23.0 Å². The average Bonchev–Trinajstić information content (AvgIpc) is 2.46. The summed E-state index contributed by atoms with van der Waals surface area (Å²) in [7, 11) is 1.30. The molecule has 0 amide bonds. The van der Waals surface area contributed by atoms with E-state index in [0.717, 1.165) is 0 Å². The van der Waals surface area contributed by atoms with E-state index in [2.05, 4.69) is 4.74 Å². The van der Waals surface area contributed by atoms with Gasteiger partial charge in [-0.1, -0.05) is 0 Å². The Morgan fingerprint density at radius 2 is 2.35 bits per heavy atom. The second-order valence-electron chi connectivity index (χ2n) is 4.33. The van der Waals surface area contributed by atoms with Gasteiger partial charge in [-0.3, -0.25) is 10.1 Å². The van der Waals surface area contributed by atoms with Gasteiger partial charge in [0.2, 0.25) is 0 Å². The maximum Gasteiger partial charge on any atom is 0.336 e. The minimum atomic E-state index is -0.662. The predicted molar refractivity (Wildman–Crippen MR) is 71.5 cm³/mol. The molecule has 2 N–H and O–H groups in total. The first-order valence-electron chi connectivity index (χ1n) is 6.01. The molecule has 8 nitrogen and oxygen atoms in total. The number of esters is 1. The second-order valence-corrected chi connectivity index (χ2v) is 4.33. The first-order chi connectivity index (χ1) is 9.52. The maximum absolute atomic E-state index is 11.5. The smallest absolute Gasteiger partial charge is 0.336 e. The monoisotopic (exact) mass is 281 g/mol. The molecule has 2 rings (SSSR count). The van der Waals surface area contributed by atoms with Gasteiger partial charge in [-0.05, 0) is 12.1 Å². The minimum Gasteiger partial charge on any atom is -0.467 e. The van der Waals surface area contributed by atoms with Crippen LogP contribution in [0.1, 0.15) is 0 Å². The largest absolute Gasteiger partial charge is 0.467 e. The average molecular weight is 281 g/mol. The number of methoxy groups -OCH3 is 1. The van der Waals surface area contributed by atoms with Crippen LogP contribution in [0.2, 0.25) is 0 Å². The Morgan fingerprint density at radius 3 is 2.95 bits per heavy atom. The van der Waals surface area contributed by atoms with Crippen LogP contribution in [0.25, 0.3) is 0 Å². The quantitative estimate of drug-likeness (QED) is 0.373. The van der Waals surface area contributed by atoms with Gasteiger partial charge in [0.1, 0.15) is 5.69 Å². The van der Waals surface area contributed by atoms with E-state index in [1.165, 1.54) is 19.2 Å². The van der Waals surface area contributed by atoms with Gasteiger partial charge < -0.3 is 20.1 Å². The van der Waals surface area contributed by atoms with Crippen LogP contribution in [-0.4, -0.2) is 43.8 Å². The van der Waals surface area contributed by atoms with Crippen LogP contribution in [0.5, 0.6) is 0 Å². The molecule has 1 aromatic carbocycles.